The topological polar surface area (TPSA) is 55.4 Å². The predicted molar refractivity (Wildman–Crippen MR) is 74.4 cm³/mol. The van der Waals surface area contributed by atoms with Crippen molar-refractivity contribution in [2.45, 2.75) is 88.4 Å². The molecule has 3 fully saturated rings. The van der Waals surface area contributed by atoms with E-state index in [1.165, 1.54) is 13.8 Å². The van der Waals surface area contributed by atoms with Crippen molar-refractivity contribution in [2.75, 3.05) is 6.61 Å². The van der Waals surface area contributed by atoms with Crippen LogP contribution < -0.4 is 0 Å². The molecular formula is C15H20F6O6. The summed E-state index contributed by atoms with van der Waals surface area (Å²) < 4.78 is 109. The lowest BCUT2D eigenvalue weighted by Gasteiger charge is -2.29. The van der Waals surface area contributed by atoms with Crippen molar-refractivity contribution in [3.8, 4) is 0 Å². The number of hydrogen-bond acceptors (Lipinski definition) is 6. The Balaban J connectivity index is 1.81. The van der Waals surface area contributed by atoms with Crippen LogP contribution in [-0.4, -0.2) is 67.3 Å². The Kier molecular flexibility index (Phi) is 5.01. The quantitative estimate of drug-likeness (QED) is 0.667. The smallest absolute Gasteiger partial charge is 0.348 e. The summed E-state index contributed by atoms with van der Waals surface area (Å²) in [4.78, 5) is 0. The second-order valence-electron chi connectivity index (χ2n) is 7.50. The first-order valence-electron chi connectivity index (χ1n) is 8.21. The third-order valence-electron chi connectivity index (χ3n) is 4.31. The van der Waals surface area contributed by atoms with Crippen LogP contribution >= 0.6 is 0 Å². The van der Waals surface area contributed by atoms with Crippen molar-refractivity contribution < 1.29 is 54.8 Å². The molecule has 3 rings (SSSR count). The van der Waals surface area contributed by atoms with Gasteiger partial charge >= 0.3 is 12.4 Å². The van der Waals surface area contributed by atoms with E-state index in [9.17, 15) is 26.3 Å². The molecule has 158 valence electrons. The summed E-state index contributed by atoms with van der Waals surface area (Å²) in [6.07, 6.45) is -21.3. The molecule has 0 aliphatic carbocycles. The normalized spacial score (nSPS) is 38.6. The molecule has 0 saturated carbocycles. The van der Waals surface area contributed by atoms with Gasteiger partial charge in [-0.15, -0.1) is 0 Å². The second-order valence-corrected chi connectivity index (χ2v) is 7.50. The van der Waals surface area contributed by atoms with E-state index in [1.54, 1.807) is 13.8 Å². The van der Waals surface area contributed by atoms with Crippen LogP contribution in [0.25, 0.3) is 0 Å². The fourth-order valence-corrected chi connectivity index (χ4v) is 3.35. The fourth-order valence-electron chi connectivity index (χ4n) is 3.35. The zero-order chi connectivity index (χ0) is 20.4. The Hall–Kier alpha value is -0.660. The van der Waals surface area contributed by atoms with E-state index in [2.05, 4.69) is 4.74 Å². The molecular weight excluding hydrogens is 390 g/mol. The fraction of sp³-hybridized carbons (Fsp3) is 1.00. The molecule has 0 aromatic heterocycles. The number of ether oxygens (including phenoxy) is 6. The SMILES string of the molecule is CC1(C)O[C@@H]2[C@H](O1)[C@H](OC(C(F)(F)F)C(F)(F)F)O[C@@H]2[C@H]1COC(C)(C)O1. The van der Waals surface area contributed by atoms with Gasteiger partial charge in [0.25, 0.3) is 6.10 Å². The Morgan fingerprint density at radius 1 is 0.815 bits per heavy atom. The van der Waals surface area contributed by atoms with Crippen LogP contribution in [0.2, 0.25) is 0 Å². The van der Waals surface area contributed by atoms with Gasteiger partial charge < -0.3 is 28.4 Å². The Labute approximate surface area is 151 Å². The number of rotatable bonds is 3. The summed E-state index contributed by atoms with van der Waals surface area (Å²) in [5.41, 5.74) is 0. The third-order valence-corrected chi connectivity index (χ3v) is 4.31. The van der Waals surface area contributed by atoms with Gasteiger partial charge in [0.05, 0.1) is 6.61 Å². The van der Waals surface area contributed by atoms with Gasteiger partial charge in [-0.2, -0.15) is 26.3 Å². The van der Waals surface area contributed by atoms with Crippen LogP contribution in [0.1, 0.15) is 27.7 Å². The maximum absolute atomic E-state index is 12.8. The van der Waals surface area contributed by atoms with Gasteiger partial charge in [-0.1, -0.05) is 0 Å². The van der Waals surface area contributed by atoms with Crippen molar-refractivity contribution in [1.29, 1.82) is 0 Å². The van der Waals surface area contributed by atoms with E-state index < -0.39 is 60.7 Å². The molecule has 3 heterocycles. The van der Waals surface area contributed by atoms with Gasteiger partial charge in [0, 0.05) is 0 Å². The molecule has 0 amide bonds. The first kappa shape index (κ1) is 21.1. The minimum Gasteiger partial charge on any atom is -0.348 e. The van der Waals surface area contributed by atoms with E-state index in [0.29, 0.717) is 0 Å². The molecule has 3 aliphatic heterocycles. The highest BCUT2D eigenvalue weighted by Gasteiger charge is 2.64. The lowest BCUT2D eigenvalue weighted by molar-refractivity contribution is -0.362. The van der Waals surface area contributed by atoms with Crippen LogP contribution in [-0.2, 0) is 28.4 Å². The molecule has 27 heavy (non-hydrogen) atoms. The van der Waals surface area contributed by atoms with E-state index in [4.69, 9.17) is 23.7 Å². The zero-order valence-corrected chi connectivity index (χ0v) is 14.9. The van der Waals surface area contributed by atoms with Gasteiger partial charge in [0.2, 0.25) is 0 Å². The van der Waals surface area contributed by atoms with E-state index >= 15 is 0 Å². The van der Waals surface area contributed by atoms with Gasteiger partial charge in [0.15, 0.2) is 17.9 Å². The van der Waals surface area contributed by atoms with Crippen molar-refractivity contribution >= 4 is 0 Å². The number of fused-ring (bicyclic) bond motifs is 1. The van der Waals surface area contributed by atoms with Crippen molar-refractivity contribution in [2.24, 2.45) is 0 Å². The molecule has 3 saturated heterocycles. The molecule has 0 bridgehead atoms. The molecule has 0 aromatic rings. The molecule has 6 nitrogen and oxygen atoms in total. The van der Waals surface area contributed by atoms with Crippen LogP contribution in [0.4, 0.5) is 26.3 Å². The molecule has 0 N–H and O–H groups in total. The molecule has 0 spiro atoms. The molecule has 0 aromatic carbocycles. The highest BCUT2D eigenvalue weighted by molar-refractivity contribution is 5.00. The third kappa shape index (κ3) is 4.35. The Morgan fingerprint density at radius 2 is 1.37 bits per heavy atom. The zero-order valence-electron chi connectivity index (χ0n) is 14.9. The van der Waals surface area contributed by atoms with Gasteiger partial charge in [-0.05, 0) is 27.7 Å². The van der Waals surface area contributed by atoms with Crippen molar-refractivity contribution in [1.82, 2.24) is 0 Å². The monoisotopic (exact) mass is 410 g/mol. The van der Waals surface area contributed by atoms with Crippen molar-refractivity contribution in [3.05, 3.63) is 0 Å². The summed E-state index contributed by atoms with van der Waals surface area (Å²) in [6.45, 7) is 6.24. The van der Waals surface area contributed by atoms with Crippen LogP contribution in [0, 0.1) is 0 Å². The Bertz CT molecular complexity index is 548. The van der Waals surface area contributed by atoms with Gasteiger partial charge in [-0.25, -0.2) is 0 Å². The second kappa shape index (κ2) is 6.42. The maximum atomic E-state index is 12.8. The van der Waals surface area contributed by atoms with Crippen LogP contribution in [0.3, 0.4) is 0 Å². The Morgan fingerprint density at radius 3 is 1.85 bits per heavy atom. The highest BCUT2D eigenvalue weighted by Crippen LogP contribution is 2.45. The summed E-state index contributed by atoms with van der Waals surface area (Å²) in [5.74, 6) is -2.21. The number of halogens is 6. The molecule has 12 heteroatoms. The van der Waals surface area contributed by atoms with Crippen LogP contribution in [0.15, 0.2) is 0 Å². The summed E-state index contributed by atoms with van der Waals surface area (Å²) in [7, 11) is 0. The lowest BCUT2D eigenvalue weighted by Crippen LogP contribution is -2.48. The molecule has 5 atom stereocenters. The standard InChI is InChI=1S/C15H20F6O6/c1-12(2)22-5-6(25-12)7-8-9(27-13(3,4)26-8)10(23-7)24-11(14(16,17)18)15(19,20)21/h6-11H,5H2,1-4H3/t6-,7-,8+,9+,10+/m1/s1. The minimum absolute atomic E-state index is 0.0271. The maximum Gasteiger partial charge on any atom is 0.423 e. The summed E-state index contributed by atoms with van der Waals surface area (Å²) in [6, 6.07) is 0. The minimum atomic E-state index is -5.67. The molecule has 0 radical (unpaired) electrons. The average molecular weight is 410 g/mol. The van der Waals surface area contributed by atoms with Crippen LogP contribution in [0.5, 0.6) is 0 Å². The number of hydrogen-bond donors (Lipinski definition) is 0. The van der Waals surface area contributed by atoms with E-state index in [1.807, 2.05) is 0 Å². The van der Waals surface area contributed by atoms with Crippen molar-refractivity contribution in [3.63, 3.8) is 0 Å². The lowest BCUT2D eigenvalue weighted by atomic mass is 10.1. The van der Waals surface area contributed by atoms with E-state index in [-0.39, 0.29) is 6.61 Å². The summed E-state index contributed by atoms with van der Waals surface area (Å²) >= 11 is 0. The largest absolute Gasteiger partial charge is 0.423 e. The molecule has 0 unspecified atom stereocenters. The first-order valence-corrected chi connectivity index (χ1v) is 8.21. The predicted octanol–water partition coefficient (Wildman–Crippen LogP) is 2.89. The average Bonchev–Trinajstić information content (AvgIpc) is 3.04. The highest BCUT2D eigenvalue weighted by atomic mass is 19.4. The van der Waals surface area contributed by atoms with Gasteiger partial charge in [-0.3, -0.25) is 0 Å². The number of alkyl halides is 6. The van der Waals surface area contributed by atoms with Gasteiger partial charge in [0.1, 0.15) is 24.4 Å². The van der Waals surface area contributed by atoms with E-state index in [0.717, 1.165) is 0 Å². The molecule has 3 aliphatic rings. The summed E-state index contributed by atoms with van der Waals surface area (Å²) in [5, 5.41) is 0. The first-order chi connectivity index (χ1) is 12.1.